The molecule has 1 aromatic heterocycles. The zero-order chi connectivity index (χ0) is 23.9. The second-order valence-electron chi connectivity index (χ2n) is 7.62. The molecule has 34 heavy (non-hydrogen) atoms. The summed E-state index contributed by atoms with van der Waals surface area (Å²) in [6, 6.07) is 17.6. The van der Waals surface area contributed by atoms with E-state index in [-0.39, 0.29) is 29.7 Å². The van der Waals surface area contributed by atoms with Crippen LogP contribution in [-0.2, 0) is 9.53 Å². The first-order valence-corrected chi connectivity index (χ1v) is 11.8. The highest BCUT2D eigenvalue weighted by Gasteiger charge is 2.28. The number of thioether (sulfide) groups is 1. The largest absolute Gasteiger partial charge is 0.478 e. The molecule has 2 aromatic carbocycles. The number of hydrogen-bond donors (Lipinski definition) is 3. The first-order valence-electron chi connectivity index (χ1n) is 10.7. The fraction of sp³-hybridized carbons (Fsp3) is 0.200. The smallest absolute Gasteiger partial charge is 0.407 e. The molecule has 0 radical (unpaired) electrons. The van der Waals surface area contributed by atoms with Crippen LogP contribution in [0.5, 0.6) is 0 Å². The van der Waals surface area contributed by atoms with Crippen LogP contribution in [0.25, 0.3) is 11.1 Å². The number of aromatic carboxylic acids is 1. The van der Waals surface area contributed by atoms with Gasteiger partial charge in [0.2, 0.25) is 5.91 Å². The molecule has 1 heterocycles. The third kappa shape index (κ3) is 5.55. The van der Waals surface area contributed by atoms with Gasteiger partial charge in [-0.25, -0.2) is 9.59 Å². The molecule has 0 saturated heterocycles. The van der Waals surface area contributed by atoms with Gasteiger partial charge in [-0.05, 0) is 28.3 Å². The van der Waals surface area contributed by atoms with Crippen molar-refractivity contribution in [3.63, 3.8) is 0 Å². The summed E-state index contributed by atoms with van der Waals surface area (Å²) in [6.45, 7) is 0.601. The molecule has 1 aliphatic rings. The van der Waals surface area contributed by atoms with E-state index in [1.807, 2.05) is 24.3 Å². The standard InChI is InChI=1S/C25H23N3O5S/c29-23(28-17-11-16(24(30)31)12-26-13-17)15-34-10-9-27-25(32)33-14-22-20-7-3-1-5-18(20)19-6-2-4-8-21(19)22/h1-8,11-13,22H,9-10,14-15H2,(H,27,32)(H,28,29)(H,30,31). The van der Waals surface area contributed by atoms with E-state index in [9.17, 15) is 14.4 Å². The number of fused-ring (bicyclic) bond motifs is 3. The number of alkyl carbamates (subject to hydrolysis) is 1. The van der Waals surface area contributed by atoms with E-state index in [4.69, 9.17) is 9.84 Å². The summed E-state index contributed by atoms with van der Waals surface area (Å²) < 4.78 is 5.48. The average Bonchev–Trinajstić information content (AvgIpc) is 3.16. The van der Waals surface area contributed by atoms with Gasteiger partial charge in [0, 0.05) is 24.4 Å². The highest BCUT2D eigenvalue weighted by Crippen LogP contribution is 2.44. The zero-order valence-electron chi connectivity index (χ0n) is 18.2. The molecule has 0 unspecified atom stereocenters. The number of nitrogens with zero attached hydrogens (tertiary/aromatic N) is 1. The molecule has 3 N–H and O–H groups in total. The molecule has 0 fully saturated rings. The topological polar surface area (TPSA) is 118 Å². The zero-order valence-corrected chi connectivity index (χ0v) is 19.0. The second kappa shape index (κ2) is 10.8. The number of pyridine rings is 1. The molecule has 4 rings (SSSR count). The van der Waals surface area contributed by atoms with Gasteiger partial charge in [-0.3, -0.25) is 9.78 Å². The number of ether oxygens (including phenoxy) is 1. The van der Waals surface area contributed by atoms with Crippen LogP contribution in [0.4, 0.5) is 10.5 Å². The normalized spacial score (nSPS) is 11.9. The number of rotatable bonds is 9. The number of aromatic nitrogens is 1. The number of benzene rings is 2. The average molecular weight is 478 g/mol. The van der Waals surface area contributed by atoms with Crippen LogP contribution in [0.2, 0.25) is 0 Å². The first-order chi connectivity index (χ1) is 16.5. The maximum Gasteiger partial charge on any atom is 0.407 e. The molecule has 1 aliphatic carbocycles. The number of anilines is 1. The summed E-state index contributed by atoms with van der Waals surface area (Å²) in [5, 5.41) is 14.3. The fourth-order valence-corrected chi connectivity index (χ4v) is 4.51. The van der Waals surface area contributed by atoms with Gasteiger partial charge < -0.3 is 20.5 Å². The Balaban J connectivity index is 1.17. The summed E-state index contributed by atoms with van der Waals surface area (Å²) in [5.74, 6) is -0.715. The third-order valence-corrected chi connectivity index (χ3v) is 6.32. The van der Waals surface area contributed by atoms with Gasteiger partial charge in [-0.2, -0.15) is 11.8 Å². The van der Waals surface area contributed by atoms with Crippen LogP contribution >= 0.6 is 11.8 Å². The van der Waals surface area contributed by atoms with Crippen molar-refractivity contribution in [1.29, 1.82) is 0 Å². The number of carbonyl (C=O) groups is 3. The van der Waals surface area contributed by atoms with Gasteiger partial charge in [0.05, 0.1) is 23.2 Å². The second-order valence-corrected chi connectivity index (χ2v) is 8.73. The van der Waals surface area contributed by atoms with Crippen LogP contribution in [0.1, 0.15) is 27.4 Å². The summed E-state index contributed by atoms with van der Waals surface area (Å²) in [4.78, 5) is 39.0. The molecule has 8 nitrogen and oxygen atoms in total. The molecule has 0 aliphatic heterocycles. The quantitative estimate of drug-likeness (QED) is 0.399. The van der Waals surface area contributed by atoms with Crippen LogP contribution in [0.15, 0.2) is 67.0 Å². The Kier molecular flexibility index (Phi) is 7.44. The highest BCUT2D eigenvalue weighted by atomic mass is 32.2. The molecular formula is C25H23N3O5S. The lowest BCUT2D eigenvalue weighted by Gasteiger charge is -2.14. The van der Waals surface area contributed by atoms with E-state index in [1.165, 1.54) is 41.3 Å². The van der Waals surface area contributed by atoms with E-state index in [0.717, 1.165) is 11.1 Å². The van der Waals surface area contributed by atoms with Crippen molar-refractivity contribution in [3.8, 4) is 11.1 Å². The van der Waals surface area contributed by atoms with Crippen molar-refractivity contribution >= 4 is 35.4 Å². The predicted molar refractivity (Wildman–Crippen MR) is 130 cm³/mol. The lowest BCUT2D eigenvalue weighted by molar-refractivity contribution is -0.113. The van der Waals surface area contributed by atoms with Crippen molar-refractivity contribution < 1.29 is 24.2 Å². The van der Waals surface area contributed by atoms with Crippen LogP contribution in [0.3, 0.4) is 0 Å². The van der Waals surface area contributed by atoms with Gasteiger partial charge in [0.25, 0.3) is 0 Å². The third-order valence-electron chi connectivity index (χ3n) is 5.36. The molecule has 0 spiro atoms. The van der Waals surface area contributed by atoms with Gasteiger partial charge in [-0.15, -0.1) is 0 Å². The lowest BCUT2D eigenvalue weighted by atomic mass is 9.98. The van der Waals surface area contributed by atoms with Gasteiger partial charge in [0.15, 0.2) is 0 Å². The Morgan fingerprint density at radius 2 is 1.68 bits per heavy atom. The van der Waals surface area contributed by atoms with Gasteiger partial charge >= 0.3 is 12.1 Å². The van der Waals surface area contributed by atoms with Crippen LogP contribution in [0, 0.1) is 0 Å². The van der Waals surface area contributed by atoms with Gasteiger partial charge in [-0.1, -0.05) is 48.5 Å². The molecule has 2 amide bonds. The number of amides is 2. The first kappa shape index (κ1) is 23.3. The minimum Gasteiger partial charge on any atom is -0.478 e. The minimum absolute atomic E-state index is 0.00209. The van der Waals surface area contributed by atoms with E-state index in [2.05, 4.69) is 39.9 Å². The molecule has 3 aromatic rings. The number of carboxylic acid groups (broad SMARTS) is 1. The van der Waals surface area contributed by atoms with E-state index in [1.54, 1.807) is 0 Å². The molecule has 0 saturated carbocycles. The Morgan fingerprint density at radius 3 is 2.35 bits per heavy atom. The molecule has 0 atom stereocenters. The lowest BCUT2D eigenvalue weighted by Crippen LogP contribution is -2.28. The van der Waals surface area contributed by atoms with E-state index >= 15 is 0 Å². The van der Waals surface area contributed by atoms with E-state index in [0.29, 0.717) is 18.0 Å². The summed E-state index contributed by atoms with van der Waals surface area (Å²) in [5.41, 5.74) is 4.98. The maximum absolute atomic E-state index is 12.2. The molecule has 174 valence electrons. The Morgan fingerprint density at radius 1 is 1.00 bits per heavy atom. The minimum atomic E-state index is -1.11. The Labute approximate surface area is 200 Å². The van der Waals surface area contributed by atoms with Crippen molar-refractivity contribution in [2.45, 2.75) is 5.92 Å². The predicted octanol–water partition coefficient (Wildman–Crippen LogP) is 3.99. The Hall–Kier alpha value is -3.85. The van der Waals surface area contributed by atoms with Crippen molar-refractivity contribution in [3.05, 3.63) is 83.7 Å². The number of hydrogen-bond acceptors (Lipinski definition) is 6. The highest BCUT2D eigenvalue weighted by molar-refractivity contribution is 7.99. The van der Waals surface area contributed by atoms with E-state index < -0.39 is 12.1 Å². The Bertz CT molecular complexity index is 1170. The fourth-order valence-electron chi connectivity index (χ4n) is 3.86. The molecular weight excluding hydrogens is 454 g/mol. The number of nitrogens with one attached hydrogen (secondary N) is 2. The monoisotopic (exact) mass is 477 g/mol. The summed E-state index contributed by atoms with van der Waals surface area (Å²) >= 11 is 1.34. The van der Waals surface area contributed by atoms with Crippen molar-refractivity contribution in [2.24, 2.45) is 0 Å². The summed E-state index contributed by atoms with van der Waals surface area (Å²) in [6.07, 6.45) is 2.10. The van der Waals surface area contributed by atoms with Crippen LogP contribution in [-0.4, -0.2) is 52.7 Å². The maximum atomic E-state index is 12.2. The number of carbonyl (C=O) groups excluding carboxylic acids is 2. The molecule has 0 bridgehead atoms. The summed E-state index contributed by atoms with van der Waals surface area (Å²) in [7, 11) is 0. The van der Waals surface area contributed by atoms with Gasteiger partial charge in [0.1, 0.15) is 6.61 Å². The SMILES string of the molecule is O=C(CSCCNC(=O)OCC1c2ccccc2-c2ccccc21)Nc1cncc(C(=O)O)c1. The molecule has 9 heteroatoms. The van der Waals surface area contributed by atoms with Crippen molar-refractivity contribution in [2.75, 3.05) is 30.0 Å². The van der Waals surface area contributed by atoms with Crippen LogP contribution < -0.4 is 10.6 Å². The number of carboxylic acids is 1. The van der Waals surface area contributed by atoms with Crippen molar-refractivity contribution in [1.82, 2.24) is 10.3 Å².